The van der Waals surface area contributed by atoms with Gasteiger partial charge in [-0.25, -0.2) is 0 Å². The molecule has 1 aliphatic heterocycles. The average molecular weight is 298 g/mol. The molecule has 1 saturated heterocycles. The van der Waals surface area contributed by atoms with Crippen molar-refractivity contribution in [2.45, 2.75) is 31.7 Å². The number of anilines is 1. The summed E-state index contributed by atoms with van der Waals surface area (Å²) in [7, 11) is 0. The van der Waals surface area contributed by atoms with Gasteiger partial charge in [-0.2, -0.15) is 5.10 Å². The number of hydrogen-bond donors (Lipinski definition) is 2. The summed E-state index contributed by atoms with van der Waals surface area (Å²) in [4.78, 5) is 13.0. The lowest BCUT2D eigenvalue weighted by Crippen LogP contribution is -2.52. The van der Waals surface area contributed by atoms with E-state index in [-0.39, 0.29) is 5.91 Å². The van der Waals surface area contributed by atoms with Gasteiger partial charge in [-0.3, -0.25) is 9.48 Å². The minimum absolute atomic E-state index is 0.0194. The van der Waals surface area contributed by atoms with Crippen LogP contribution in [0.25, 0.3) is 0 Å². The van der Waals surface area contributed by atoms with Crippen molar-refractivity contribution < 1.29 is 4.79 Å². The van der Waals surface area contributed by atoms with Crippen LogP contribution in [0.15, 0.2) is 42.7 Å². The minimum atomic E-state index is -0.600. The predicted octanol–water partition coefficient (Wildman–Crippen LogP) is 2.16. The Morgan fingerprint density at radius 2 is 2.18 bits per heavy atom. The van der Waals surface area contributed by atoms with Crippen molar-refractivity contribution in [3.63, 3.8) is 0 Å². The number of carbonyl (C=O) groups excluding carboxylic acids is 1. The molecule has 0 unspecified atom stereocenters. The van der Waals surface area contributed by atoms with E-state index in [9.17, 15) is 4.79 Å². The molecule has 5 nitrogen and oxygen atoms in total. The molecule has 0 saturated carbocycles. The Labute approximate surface area is 130 Å². The number of hydrogen-bond acceptors (Lipinski definition) is 3. The van der Waals surface area contributed by atoms with Gasteiger partial charge in [0.1, 0.15) is 5.54 Å². The van der Waals surface area contributed by atoms with Gasteiger partial charge in [0.15, 0.2) is 0 Å². The van der Waals surface area contributed by atoms with Gasteiger partial charge in [-0.05, 0) is 56.1 Å². The fraction of sp³-hybridized carbons (Fsp3) is 0.412. The minimum Gasteiger partial charge on any atom is -0.324 e. The Kier molecular flexibility index (Phi) is 4.24. The Morgan fingerprint density at radius 1 is 1.36 bits per heavy atom. The molecule has 0 aliphatic carbocycles. The highest BCUT2D eigenvalue weighted by Crippen LogP contribution is 2.28. The van der Waals surface area contributed by atoms with Crippen LogP contribution in [-0.2, 0) is 16.8 Å². The molecule has 1 aromatic carbocycles. The van der Waals surface area contributed by atoms with Crippen molar-refractivity contribution in [3.8, 4) is 0 Å². The first-order chi connectivity index (χ1) is 10.7. The maximum absolute atomic E-state index is 13.0. The fourth-order valence-electron chi connectivity index (χ4n) is 3.04. The summed E-state index contributed by atoms with van der Waals surface area (Å²) in [6, 6.07) is 9.90. The molecule has 1 fully saturated rings. The summed E-state index contributed by atoms with van der Waals surface area (Å²) in [5, 5.41) is 10.7. The highest BCUT2D eigenvalue weighted by molar-refractivity contribution is 5.96. The van der Waals surface area contributed by atoms with E-state index < -0.39 is 5.54 Å². The van der Waals surface area contributed by atoms with Crippen LogP contribution < -0.4 is 10.6 Å². The molecule has 1 aliphatic rings. The van der Waals surface area contributed by atoms with E-state index in [1.165, 1.54) is 5.56 Å². The highest BCUT2D eigenvalue weighted by atomic mass is 16.2. The van der Waals surface area contributed by atoms with Gasteiger partial charge in [-0.1, -0.05) is 19.1 Å². The molecular weight excluding hydrogens is 276 g/mol. The number of nitrogens with one attached hydrogen (secondary N) is 2. The van der Waals surface area contributed by atoms with E-state index in [0.717, 1.165) is 38.0 Å². The lowest BCUT2D eigenvalue weighted by Gasteiger charge is -2.36. The van der Waals surface area contributed by atoms with Crippen LogP contribution in [0, 0.1) is 0 Å². The molecule has 0 bridgehead atoms. The van der Waals surface area contributed by atoms with Crippen LogP contribution >= 0.6 is 0 Å². The molecule has 0 atom stereocenters. The number of carbonyl (C=O) groups is 1. The molecule has 0 radical (unpaired) electrons. The van der Waals surface area contributed by atoms with Crippen molar-refractivity contribution in [3.05, 3.63) is 48.3 Å². The molecule has 5 heteroatoms. The maximum atomic E-state index is 13.0. The second kappa shape index (κ2) is 6.32. The van der Waals surface area contributed by atoms with E-state index in [1.54, 1.807) is 6.20 Å². The van der Waals surface area contributed by atoms with Gasteiger partial charge in [-0.15, -0.1) is 0 Å². The second-order valence-corrected chi connectivity index (χ2v) is 5.74. The third-order valence-corrected chi connectivity index (χ3v) is 4.39. The van der Waals surface area contributed by atoms with Gasteiger partial charge in [0, 0.05) is 18.1 Å². The van der Waals surface area contributed by atoms with E-state index in [1.807, 2.05) is 35.1 Å². The number of nitrogens with zero attached hydrogens (tertiary/aromatic N) is 2. The van der Waals surface area contributed by atoms with Crippen molar-refractivity contribution in [2.24, 2.45) is 0 Å². The first-order valence-electron chi connectivity index (χ1n) is 7.86. The summed E-state index contributed by atoms with van der Waals surface area (Å²) in [6.07, 6.45) is 6.06. The number of piperidine rings is 1. The van der Waals surface area contributed by atoms with Crippen molar-refractivity contribution in [2.75, 3.05) is 18.4 Å². The fourth-order valence-corrected chi connectivity index (χ4v) is 3.04. The lowest BCUT2D eigenvalue weighted by atomic mass is 9.87. The Balaban J connectivity index is 1.86. The average Bonchev–Trinajstić information content (AvgIpc) is 3.10. The summed E-state index contributed by atoms with van der Waals surface area (Å²) in [5.41, 5.74) is 1.47. The normalized spacial score (nSPS) is 17.1. The van der Waals surface area contributed by atoms with E-state index in [0.29, 0.717) is 0 Å². The molecule has 3 rings (SSSR count). The molecule has 1 amide bonds. The van der Waals surface area contributed by atoms with Crippen LogP contribution in [0.5, 0.6) is 0 Å². The first kappa shape index (κ1) is 14.8. The third-order valence-electron chi connectivity index (χ3n) is 4.39. The molecule has 2 aromatic rings. The van der Waals surface area contributed by atoms with Crippen LogP contribution in [0.4, 0.5) is 5.69 Å². The van der Waals surface area contributed by atoms with Crippen LogP contribution in [-0.4, -0.2) is 28.8 Å². The van der Waals surface area contributed by atoms with Crippen LogP contribution in [0.2, 0.25) is 0 Å². The second-order valence-electron chi connectivity index (χ2n) is 5.74. The largest absolute Gasteiger partial charge is 0.324 e. The van der Waals surface area contributed by atoms with Crippen molar-refractivity contribution in [1.82, 2.24) is 15.1 Å². The van der Waals surface area contributed by atoms with Crippen molar-refractivity contribution >= 4 is 11.6 Å². The van der Waals surface area contributed by atoms with E-state index in [2.05, 4.69) is 28.7 Å². The maximum Gasteiger partial charge on any atom is 0.252 e. The number of benzene rings is 1. The number of amides is 1. The molecule has 0 spiro atoms. The third kappa shape index (κ3) is 2.76. The van der Waals surface area contributed by atoms with Crippen LogP contribution in [0.1, 0.15) is 25.3 Å². The lowest BCUT2D eigenvalue weighted by molar-refractivity contribution is -0.126. The zero-order valence-corrected chi connectivity index (χ0v) is 12.9. The molecule has 2 heterocycles. The highest BCUT2D eigenvalue weighted by Gasteiger charge is 2.41. The number of aromatic nitrogens is 2. The van der Waals surface area contributed by atoms with Gasteiger partial charge in [0.25, 0.3) is 5.91 Å². The summed E-state index contributed by atoms with van der Waals surface area (Å²) < 4.78 is 1.81. The predicted molar refractivity (Wildman–Crippen MR) is 86.8 cm³/mol. The standard InChI is InChI=1S/C17H22N4O/c1-2-14-5-3-6-15(13-14)20-16(22)17(7-10-18-11-8-17)21-12-4-9-19-21/h3-6,9,12-13,18H,2,7-8,10-11H2,1H3,(H,20,22). The first-order valence-corrected chi connectivity index (χ1v) is 7.86. The van der Waals surface area contributed by atoms with Gasteiger partial charge >= 0.3 is 0 Å². The SMILES string of the molecule is CCc1cccc(NC(=O)C2(n3cccn3)CCNCC2)c1. The summed E-state index contributed by atoms with van der Waals surface area (Å²) in [5.74, 6) is 0.0194. The Bertz CT molecular complexity index is 630. The Hall–Kier alpha value is -2.14. The smallest absolute Gasteiger partial charge is 0.252 e. The number of aryl methyl sites for hydroxylation is 1. The Morgan fingerprint density at radius 3 is 2.86 bits per heavy atom. The van der Waals surface area contributed by atoms with Crippen LogP contribution in [0.3, 0.4) is 0 Å². The van der Waals surface area contributed by atoms with E-state index >= 15 is 0 Å². The molecular formula is C17H22N4O. The quantitative estimate of drug-likeness (QED) is 0.909. The topological polar surface area (TPSA) is 59.0 Å². The number of rotatable bonds is 4. The van der Waals surface area contributed by atoms with Crippen molar-refractivity contribution in [1.29, 1.82) is 0 Å². The molecule has 2 N–H and O–H groups in total. The van der Waals surface area contributed by atoms with E-state index in [4.69, 9.17) is 0 Å². The monoisotopic (exact) mass is 298 g/mol. The zero-order valence-electron chi connectivity index (χ0n) is 12.9. The van der Waals surface area contributed by atoms with Gasteiger partial charge < -0.3 is 10.6 Å². The zero-order chi connectivity index (χ0) is 15.4. The summed E-state index contributed by atoms with van der Waals surface area (Å²) in [6.45, 7) is 3.75. The molecule has 1 aromatic heterocycles. The van der Waals surface area contributed by atoms with Gasteiger partial charge in [0.05, 0.1) is 0 Å². The molecule has 22 heavy (non-hydrogen) atoms. The molecule has 116 valence electrons. The van der Waals surface area contributed by atoms with Gasteiger partial charge in [0.2, 0.25) is 0 Å². The summed E-state index contributed by atoms with van der Waals surface area (Å²) >= 11 is 0.